The number of allylic oxidation sites excluding steroid dienone is 2. The summed E-state index contributed by atoms with van der Waals surface area (Å²) in [5, 5.41) is 11.2. The highest BCUT2D eigenvalue weighted by atomic mass is 32.1. The molecule has 6 amide bonds. The Morgan fingerprint density at radius 3 is 2.52 bits per heavy atom. The first-order valence-electron chi connectivity index (χ1n) is 21.4. The standard InChI is InChI=1S/C45H48FN9O9S/c1-62-34-25-28(9-10-31(34)50-42(59)36-13-12-35(65-36)27-5-2-3-6-27)49-40-30(46)26-48-45(52-40)54-19-17-53(18-20-54)38(57)15-21-63-23-24-64-22-16-47-32-8-4-7-29-39(32)44(61)55(43(29)60)33-11-14-37(56)51-41(33)58/h4-5,7-10,12-13,25-26,33,47H,2-3,6,11,14-24H2,1H3,(H,50,59)(H,48,49,52)(H,51,56,58). The third kappa shape index (κ3) is 10.3. The number of rotatable bonds is 18. The van der Waals surface area contributed by atoms with Crippen LogP contribution >= 0.6 is 11.3 Å². The average molecular weight is 910 g/mol. The quantitative estimate of drug-likeness (QED) is 0.0778. The van der Waals surface area contributed by atoms with Gasteiger partial charge in [-0.25, -0.2) is 9.37 Å². The van der Waals surface area contributed by atoms with Crippen molar-refractivity contribution in [3.8, 4) is 5.75 Å². The zero-order valence-corrected chi connectivity index (χ0v) is 36.5. The van der Waals surface area contributed by atoms with Crippen LogP contribution in [-0.4, -0.2) is 128 Å². The zero-order valence-electron chi connectivity index (χ0n) is 35.7. The van der Waals surface area contributed by atoms with Crippen LogP contribution in [0.4, 0.5) is 33.2 Å². The van der Waals surface area contributed by atoms with Crippen LogP contribution in [0.2, 0.25) is 0 Å². The average Bonchev–Trinajstić information content (AvgIpc) is 4.08. The second-order valence-electron chi connectivity index (χ2n) is 15.6. The zero-order chi connectivity index (χ0) is 45.5. The number of carbonyl (C=O) groups excluding carboxylic acids is 6. The SMILES string of the molecule is COc1cc(Nc2nc(N3CCN(C(=O)CCOCCOCCNc4cccc5c4C(=O)N(C4CCC(=O)NC4=O)C5=O)CC3)ncc2F)ccc1NC(=O)c1ccc(C2=CCCC2)s1. The number of aromatic nitrogens is 2. The van der Waals surface area contributed by atoms with E-state index in [0.717, 1.165) is 35.2 Å². The lowest BCUT2D eigenvalue weighted by molar-refractivity contribution is -0.136. The first kappa shape index (κ1) is 44.8. The van der Waals surface area contributed by atoms with E-state index in [0.29, 0.717) is 66.4 Å². The maximum Gasteiger partial charge on any atom is 0.265 e. The van der Waals surface area contributed by atoms with E-state index in [1.165, 1.54) is 30.1 Å². The molecule has 0 bridgehead atoms. The molecule has 20 heteroatoms. The van der Waals surface area contributed by atoms with E-state index in [2.05, 4.69) is 37.3 Å². The summed E-state index contributed by atoms with van der Waals surface area (Å²) in [7, 11) is 1.49. The minimum Gasteiger partial charge on any atom is -0.494 e. The minimum absolute atomic E-state index is 0.0364. The molecular formula is C45H48FN9O9S. The summed E-state index contributed by atoms with van der Waals surface area (Å²) in [6, 6.07) is 12.6. The van der Waals surface area contributed by atoms with E-state index >= 15 is 0 Å². The largest absolute Gasteiger partial charge is 0.494 e. The van der Waals surface area contributed by atoms with E-state index in [9.17, 15) is 33.2 Å². The van der Waals surface area contributed by atoms with Crippen LogP contribution < -0.4 is 30.9 Å². The first-order chi connectivity index (χ1) is 31.6. The number of nitrogens with zero attached hydrogens (tertiary/aromatic N) is 5. The van der Waals surface area contributed by atoms with Gasteiger partial charge in [0.2, 0.25) is 23.7 Å². The van der Waals surface area contributed by atoms with E-state index < -0.39 is 35.5 Å². The molecule has 0 saturated carbocycles. The lowest BCUT2D eigenvalue weighted by Crippen LogP contribution is -2.54. The third-order valence-electron chi connectivity index (χ3n) is 11.4. The Morgan fingerprint density at radius 2 is 1.75 bits per heavy atom. The van der Waals surface area contributed by atoms with Crippen LogP contribution in [0.5, 0.6) is 5.75 Å². The molecule has 0 spiro atoms. The summed E-state index contributed by atoms with van der Waals surface area (Å²) in [5.74, 6) is -2.58. The van der Waals surface area contributed by atoms with Gasteiger partial charge in [-0.1, -0.05) is 12.1 Å². The van der Waals surface area contributed by atoms with Crippen molar-refractivity contribution in [2.75, 3.05) is 87.1 Å². The molecule has 3 aliphatic heterocycles. The van der Waals surface area contributed by atoms with Crippen molar-refractivity contribution in [3.63, 3.8) is 0 Å². The van der Waals surface area contributed by atoms with Gasteiger partial charge in [0.1, 0.15) is 11.8 Å². The van der Waals surface area contributed by atoms with Crippen molar-refractivity contribution in [2.24, 2.45) is 0 Å². The molecule has 2 fully saturated rings. The molecule has 8 rings (SSSR count). The van der Waals surface area contributed by atoms with Gasteiger partial charge in [0.15, 0.2) is 11.6 Å². The molecule has 65 heavy (non-hydrogen) atoms. The normalized spacial score (nSPS) is 17.2. The maximum atomic E-state index is 15.0. The number of piperazine rings is 1. The molecule has 4 aliphatic rings. The Bertz CT molecular complexity index is 2530. The topological polar surface area (TPSA) is 214 Å². The van der Waals surface area contributed by atoms with Crippen molar-refractivity contribution in [1.29, 1.82) is 0 Å². The third-order valence-corrected chi connectivity index (χ3v) is 12.6. The van der Waals surface area contributed by atoms with Gasteiger partial charge in [-0.05, 0) is 67.7 Å². The monoisotopic (exact) mass is 909 g/mol. The Morgan fingerprint density at radius 1 is 0.938 bits per heavy atom. The highest BCUT2D eigenvalue weighted by Crippen LogP contribution is 2.35. The number of hydrogen-bond acceptors (Lipinski definition) is 15. The highest BCUT2D eigenvalue weighted by Gasteiger charge is 2.45. The predicted octanol–water partition coefficient (Wildman–Crippen LogP) is 4.83. The molecule has 2 aromatic carbocycles. The molecule has 1 unspecified atom stereocenters. The highest BCUT2D eigenvalue weighted by molar-refractivity contribution is 7.15. The van der Waals surface area contributed by atoms with Crippen LogP contribution in [0.15, 0.2) is 60.8 Å². The molecule has 1 aliphatic carbocycles. The molecule has 340 valence electrons. The number of imide groups is 2. The molecule has 5 heterocycles. The van der Waals surface area contributed by atoms with E-state index in [1.807, 2.05) is 17.0 Å². The Kier molecular flexibility index (Phi) is 14.1. The molecular weight excluding hydrogens is 862 g/mol. The first-order valence-corrected chi connectivity index (χ1v) is 22.2. The summed E-state index contributed by atoms with van der Waals surface area (Å²) < 4.78 is 31.8. The molecule has 4 N–H and O–H groups in total. The number of hydrogen-bond donors (Lipinski definition) is 4. The number of methoxy groups -OCH3 is 1. The van der Waals surface area contributed by atoms with Gasteiger partial charge in [-0.3, -0.25) is 39.0 Å². The number of fused-ring (bicyclic) bond motifs is 1. The van der Waals surface area contributed by atoms with Gasteiger partial charge < -0.3 is 40.0 Å². The number of thiophene rings is 1. The van der Waals surface area contributed by atoms with Crippen molar-refractivity contribution in [2.45, 2.75) is 44.6 Å². The summed E-state index contributed by atoms with van der Waals surface area (Å²) >= 11 is 1.46. The lowest BCUT2D eigenvalue weighted by atomic mass is 10.0. The minimum atomic E-state index is -1.05. The van der Waals surface area contributed by atoms with Crippen LogP contribution in [0.1, 0.15) is 73.8 Å². The number of amides is 6. The van der Waals surface area contributed by atoms with Crippen molar-refractivity contribution < 1.29 is 47.4 Å². The summed E-state index contributed by atoms with van der Waals surface area (Å²) in [6.07, 6.45) is 6.84. The fraction of sp³-hybridized carbons (Fsp3) is 0.378. The van der Waals surface area contributed by atoms with Crippen molar-refractivity contribution >= 4 is 81.2 Å². The van der Waals surface area contributed by atoms with Crippen molar-refractivity contribution in [3.05, 3.63) is 87.5 Å². The molecule has 2 saturated heterocycles. The van der Waals surface area contributed by atoms with Crippen LogP contribution in [-0.2, 0) is 23.9 Å². The smallest absolute Gasteiger partial charge is 0.265 e. The number of ether oxygens (including phenoxy) is 3. The molecule has 4 aromatic rings. The van der Waals surface area contributed by atoms with Gasteiger partial charge in [0, 0.05) is 61.5 Å². The fourth-order valence-corrected chi connectivity index (χ4v) is 9.00. The van der Waals surface area contributed by atoms with E-state index in [-0.39, 0.29) is 74.4 Å². The van der Waals surface area contributed by atoms with Gasteiger partial charge in [0.05, 0.1) is 67.8 Å². The van der Waals surface area contributed by atoms with Gasteiger partial charge in [-0.2, -0.15) is 4.98 Å². The Hall–Kier alpha value is -6.77. The summed E-state index contributed by atoms with van der Waals surface area (Å²) in [6.45, 7) is 3.06. The van der Waals surface area contributed by atoms with E-state index in [4.69, 9.17) is 14.2 Å². The maximum absolute atomic E-state index is 15.0. The fourth-order valence-electron chi connectivity index (χ4n) is 8.03. The number of nitrogens with one attached hydrogen (secondary N) is 4. The Labute approximate surface area is 377 Å². The van der Waals surface area contributed by atoms with E-state index in [1.54, 1.807) is 35.2 Å². The molecule has 1 atom stereocenters. The van der Waals surface area contributed by atoms with Gasteiger partial charge in [0.25, 0.3) is 17.7 Å². The predicted molar refractivity (Wildman–Crippen MR) is 239 cm³/mol. The molecule has 2 aromatic heterocycles. The van der Waals surface area contributed by atoms with Gasteiger partial charge in [-0.15, -0.1) is 11.3 Å². The van der Waals surface area contributed by atoms with Crippen LogP contribution in [0.3, 0.4) is 0 Å². The molecule has 0 radical (unpaired) electrons. The number of carbonyl (C=O) groups is 6. The summed E-state index contributed by atoms with van der Waals surface area (Å²) in [5.41, 5.74) is 3.03. The number of anilines is 5. The Balaban J connectivity index is 0.728. The number of halogens is 1. The lowest BCUT2D eigenvalue weighted by Gasteiger charge is -2.34. The van der Waals surface area contributed by atoms with Crippen LogP contribution in [0, 0.1) is 5.82 Å². The summed E-state index contributed by atoms with van der Waals surface area (Å²) in [4.78, 5) is 91.2. The second kappa shape index (κ2) is 20.4. The number of piperidine rings is 1. The van der Waals surface area contributed by atoms with Crippen molar-refractivity contribution in [1.82, 2.24) is 25.1 Å². The number of benzene rings is 2. The second-order valence-corrected chi connectivity index (χ2v) is 16.7. The molecule has 18 nitrogen and oxygen atoms in total. The van der Waals surface area contributed by atoms with Gasteiger partial charge >= 0.3 is 0 Å². The van der Waals surface area contributed by atoms with Crippen LogP contribution in [0.25, 0.3) is 5.57 Å².